The van der Waals surface area contributed by atoms with E-state index in [2.05, 4.69) is 26.8 Å². The second kappa shape index (κ2) is 10.0. The fraction of sp³-hybridized carbons (Fsp3) is 0.440. The molecule has 8 nitrogen and oxygen atoms in total. The Balaban J connectivity index is 1.57. The van der Waals surface area contributed by atoms with Gasteiger partial charge in [0.25, 0.3) is 5.91 Å². The minimum absolute atomic E-state index is 0.107. The lowest BCUT2D eigenvalue weighted by molar-refractivity contribution is 0.0898. The van der Waals surface area contributed by atoms with Crippen LogP contribution in [0.1, 0.15) is 55.5 Å². The predicted octanol–water partition coefficient (Wildman–Crippen LogP) is 4.02. The summed E-state index contributed by atoms with van der Waals surface area (Å²) < 4.78 is 7.03. The summed E-state index contributed by atoms with van der Waals surface area (Å²) in [5.41, 5.74) is 4.09. The number of hydrogen-bond donors (Lipinski definition) is 2. The molecule has 1 aliphatic carbocycles. The molecule has 4 rings (SSSR count). The third kappa shape index (κ3) is 5.15. The SMILES string of the molecule is COCC1CCC(NC(=O)c2cnc(-c3ccc4cc(C#N)cnn34)cc2NC(C)C)CC1. The first-order valence-corrected chi connectivity index (χ1v) is 11.4. The standard InChI is InChI=1S/C25H30N6O2/c1-16(2)29-22-11-23(24-9-8-20-10-18(12-26)13-28-31(20)24)27-14-21(22)25(32)30-19-6-4-17(5-7-19)15-33-3/h8-11,13-14,16-17,19H,4-7,15H2,1-3H3,(H,27,29)(H,30,32). The highest BCUT2D eigenvalue weighted by Crippen LogP contribution is 2.28. The molecule has 33 heavy (non-hydrogen) atoms. The molecule has 0 bridgehead atoms. The van der Waals surface area contributed by atoms with E-state index in [1.54, 1.807) is 23.9 Å². The molecule has 0 atom stereocenters. The molecule has 0 spiro atoms. The van der Waals surface area contributed by atoms with Crippen LogP contribution in [-0.4, -0.2) is 46.3 Å². The number of aromatic nitrogens is 3. The summed E-state index contributed by atoms with van der Waals surface area (Å²) in [7, 11) is 1.74. The first-order chi connectivity index (χ1) is 16.0. The Hall–Kier alpha value is -3.44. The van der Waals surface area contributed by atoms with Gasteiger partial charge in [0.15, 0.2) is 0 Å². The van der Waals surface area contributed by atoms with Gasteiger partial charge in [-0.2, -0.15) is 10.4 Å². The van der Waals surface area contributed by atoms with Crippen molar-refractivity contribution in [3.8, 4) is 17.5 Å². The molecular formula is C25H30N6O2. The number of nitrogens with one attached hydrogen (secondary N) is 2. The smallest absolute Gasteiger partial charge is 0.255 e. The van der Waals surface area contributed by atoms with Crippen LogP contribution in [0.5, 0.6) is 0 Å². The summed E-state index contributed by atoms with van der Waals surface area (Å²) in [6.45, 7) is 4.86. The molecule has 1 fully saturated rings. The summed E-state index contributed by atoms with van der Waals surface area (Å²) >= 11 is 0. The molecule has 8 heteroatoms. The van der Waals surface area contributed by atoms with E-state index >= 15 is 0 Å². The van der Waals surface area contributed by atoms with Crippen LogP contribution in [-0.2, 0) is 4.74 Å². The van der Waals surface area contributed by atoms with Gasteiger partial charge in [0, 0.05) is 32.0 Å². The number of fused-ring (bicyclic) bond motifs is 1. The number of pyridine rings is 1. The topological polar surface area (TPSA) is 104 Å². The molecule has 0 unspecified atom stereocenters. The van der Waals surface area contributed by atoms with Gasteiger partial charge in [0.05, 0.1) is 39.9 Å². The minimum Gasteiger partial charge on any atom is -0.384 e. The van der Waals surface area contributed by atoms with E-state index in [1.165, 1.54) is 6.20 Å². The zero-order chi connectivity index (χ0) is 23.4. The summed E-state index contributed by atoms with van der Waals surface area (Å²) in [5.74, 6) is 0.473. The molecule has 0 aromatic carbocycles. The summed E-state index contributed by atoms with van der Waals surface area (Å²) in [5, 5.41) is 20.1. The van der Waals surface area contributed by atoms with Gasteiger partial charge in [-0.3, -0.25) is 9.78 Å². The fourth-order valence-corrected chi connectivity index (χ4v) is 4.43. The van der Waals surface area contributed by atoms with E-state index < -0.39 is 0 Å². The molecule has 3 aromatic rings. The molecule has 0 saturated heterocycles. The van der Waals surface area contributed by atoms with Crippen LogP contribution in [0.4, 0.5) is 5.69 Å². The Morgan fingerprint density at radius 3 is 2.73 bits per heavy atom. The second-order valence-corrected chi connectivity index (χ2v) is 8.97. The number of carbonyl (C=O) groups is 1. The van der Waals surface area contributed by atoms with Crippen molar-refractivity contribution in [2.75, 3.05) is 19.0 Å². The Labute approximate surface area is 194 Å². The molecule has 0 radical (unpaired) electrons. The quantitative estimate of drug-likeness (QED) is 0.568. The van der Waals surface area contributed by atoms with Crippen molar-refractivity contribution in [3.63, 3.8) is 0 Å². The molecule has 0 aliphatic heterocycles. The normalized spacial score (nSPS) is 18.3. The van der Waals surface area contributed by atoms with Gasteiger partial charge in [0.2, 0.25) is 0 Å². The van der Waals surface area contributed by atoms with Crippen molar-refractivity contribution in [2.24, 2.45) is 5.92 Å². The lowest BCUT2D eigenvalue weighted by Gasteiger charge is -2.29. The van der Waals surface area contributed by atoms with Crippen molar-refractivity contribution < 1.29 is 9.53 Å². The molecule has 1 saturated carbocycles. The molecule has 3 aromatic heterocycles. The van der Waals surface area contributed by atoms with Crippen LogP contribution < -0.4 is 10.6 Å². The maximum Gasteiger partial charge on any atom is 0.255 e. The Bertz CT molecular complexity index is 1170. The number of methoxy groups -OCH3 is 1. The van der Waals surface area contributed by atoms with Crippen molar-refractivity contribution in [1.82, 2.24) is 19.9 Å². The van der Waals surface area contributed by atoms with Gasteiger partial charge in [-0.15, -0.1) is 0 Å². The monoisotopic (exact) mass is 446 g/mol. The molecular weight excluding hydrogens is 416 g/mol. The van der Waals surface area contributed by atoms with Gasteiger partial charge in [-0.05, 0) is 69.7 Å². The molecule has 2 N–H and O–H groups in total. The van der Waals surface area contributed by atoms with E-state index in [0.29, 0.717) is 22.7 Å². The average molecular weight is 447 g/mol. The number of hydrogen-bond acceptors (Lipinski definition) is 6. The van der Waals surface area contributed by atoms with Gasteiger partial charge >= 0.3 is 0 Å². The van der Waals surface area contributed by atoms with Crippen molar-refractivity contribution >= 4 is 17.1 Å². The number of carbonyl (C=O) groups excluding carboxylic acids is 1. The Kier molecular flexibility index (Phi) is 6.90. The number of rotatable bonds is 7. The Morgan fingerprint density at radius 2 is 2.03 bits per heavy atom. The first kappa shape index (κ1) is 22.7. The van der Waals surface area contributed by atoms with Crippen LogP contribution in [0, 0.1) is 17.2 Å². The molecule has 3 heterocycles. The summed E-state index contributed by atoms with van der Waals surface area (Å²) in [6.07, 6.45) is 7.22. The van der Waals surface area contributed by atoms with Gasteiger partial charge < -0.3 is 15.4 Å². The van der Waals surface area contributed by atoms with E-state index in [1.807, 2.05) is 32.0 Å². The second-order valence-electron chi connectivity index (χ2n) is 8.97. The van der Waals surface area contributed by atoms with Crippen LogP contribution in [0.2, 0.25) is 0 Å². The lowest BCUT2D eigenvalue weighted by Crippen LogP contribution is -2.38. The largest absolute Gasteiger partial charge is 0.384 e. The lowest BCUT2D eigenvalue weighted by atomic mass is 9.86. The predicted molar refractivity (Wildman–Crippen MR) is 127 cm³/mol. The molecule has 1 amide bonds. The van der Waals surface area contributed by atoms with E-state index in [-0.39, 0.29) is 18.0 Å². The van der Waals surface area contributed by atoms with Crippen molar-refractivity contribution in [2.45, 2.75) is 51.6 Å². The minimum atomic E-state index is -0.107. The Morgan fingerprint density at radius 1 is 1.24 bits per heavy atom. The van der Waals surface area contributed by atoms with Crippen LogP contribution >= 0.6 is 0 Å². The number of anilines is 1. The third-order valence-electron chi connectivity index (χ3n) is 6.07. The number of ether oxygens (including phenoxy) is 1. The first-order valence-electron chi connectivity index (χ1n) is 11.4. The van der Waals surface area contributed by atoms with Crippen molar-refractivity contribution in [3.05, 3.63) is 47.8 Å². The number of nitrogens with zero attached hydrogens (tertiary/aromatic N) is 4. The highest BCUT2D eigenvalue weighted by molar-refractivity contribution is 6.00. The van der Waals surface area contributed by atoms with Crippen LogP contribution in [0.25, 0.3) is 16.9 Å². The van der Waals surface area contributed by atoms with E-state index in [4.69, 9.17) is 10.00 Å². The summed E-state index contributed by atoms with van der Waals surface area (Å²) in [6, 6.07) is 9.93. The van der Waals surface area contributed by atoms with Crippen LogP contribution in [0.3, 0.4) is 0 Å². The van der Waals surface area contributed by atoms with Crippen molar-refractivity contribution in [1.29, 1.82) is 5.26 Å². The molecule has 1 aliphatic rings. The van der Waals surface area contributed by atoms with Gasteiger partial charge in [-0.1, -0.05) is 0 Å². The highest BCUT2D eigenvalue weighted by Gasteiger charge is 2.24. The van der Waals surface area contributed by atoms with Gasteiger partial charge in [-0.25, -0.2) is 4.52 Å². The zero-order valence-electron chi connectivity index (χ0n) is 19.3. The maximum atomic E-state index is 13.1. The number of nitriles is 1. The maximum absolute atomic E-state index is 13.1. The van der Waals surface area contributed by atoms with Crippen LogP contribution in [0.15, 0.2) is 36.7 Å². The number of amides is 1. The zero-order valence-corrected chi connectivity index (χ0v) is 19.3. The van der Waals surface area contributed by atoms with Gasteiger partial charge in [0.1, 0.15) is 6.07 Å². The van der Waals surface area contributed by atoms with E-state index in [9.17, 15) is 4.79 Å². The van der Waals surface area contributed by atoms with E-state index in [0.717, 1.165) is 49.2 Å². The average Bonchev–Trinajstić information content (AvgIpc) is 3.23. The highest BCUT2D eigenvalue weighted by atomic mass is 16.5. The fourth-order valence-electron chi connectivity index (χ4n) is 4.43. The summed E-state index contributed by atoms with van der Waals surface area (Å²) in [4.78, 5) is 17.7. The third-order valence-corrected chi connectivity index (χ3v) is 6.07. The molecule has 172 valence electrons.